The number of fused-ring (bicyclic) bond motifs is 1. The predicted molar refractivity (Wildman–Crippen MR) is 118 cm³/mol. The standard InChI is InChI=1S/C22H22N4O4S/c1-3-11-26-21(15(2)30-17-7-5-4-6-8-17)24-25-22(26)31-13-20(27)23-16-9-10-18-19(12-16)29-14-28-18/h3-10,12,15H,1,11,13-14H2,2H3,(H,23,27)/t15-/m0/s1. The summed E-state index contributed by atoms with van der Waals surface area (Å²) in [7, 11) is 0. The number of nitrogens with zero attached hydrogens (tertiary/aromatic N) is 3. The largest absolute Gasteiger partial charge is 0.483 e. The molecule has 8 nitrogen and oxygen atoms in total. The van der Waals surface area contributed by atoms with Crippen molar-refractivity contribution in [3.8, 4) is 17.2 Å². The number of hydrogen-bond donors (Lipinski definition) is 1. The molecule has 0 saturated heterocycles. The average Bonchev–Trinajstić information content (AvgIpc) is 3.40. The molecule has 0 radical (unpaired) electrons. The molecule has 1 amide bonds. The summed E-state index contributed by atoms with van der Waals surface area (Å²) in [5.41, 5.74) is 0.646. The van der Waals surface area contributed by atoms with Crippen molar-refractivity contribution in [2.24, 2.45) is 0 Å². The van der Waals surface area contributed by atoms with Crippen molar-refractivity contribution in [2.45, 2.75) is 24.7 Å². The van der Waals surface area contributed by atoms with Gasteiger partial charge in [0.1, 0.15) is 5.75 Å². The minimum absolute atomic E-state index is 0.160. The average molecular weight is 439 g/mol. The monoisotopic (exact) mass is 438 g/mol. The van der Waals surface area contributed by atoms with E-state index in [2.05, 4.69) is 22.1 Å². The number of allylic oxidation sites excluding steroid dienone is 1. The number of hydrogen-bond acceptors (Lipinski definition) is 7. The van der Waals surface area contributed by atoms with Crippen LogP contribution >= 0.6 is 11.8 Å². The Bertz CT molecular complexity index is 1070. The summed E-state index contributed by atoms with van der Waals surface area (Å²) in [6.07, 6.45) is 1.45. The van der Waals surface area contributed by atoms with Crippen molar-refractivity contribution < 1.29 is 19.0 Å². The highest BCUT2D eigenvalue weighted by Crippen LogP contribution is 2.34. The van der Waals surface area contributed by atoms with Gasteiger partial charge in [-0.25, -0.2) is 0 Å². The number of para-hydroxylation sites is 1. The maximum Gasteiger partial charge on any atom is 0.234 e. The van der Waals surface area contributed by atoms with Gasteiger partial charge in [-0.2, -0.15) is 0 Å². The molecule has 0 aliphatic carbocycles. The zero-order valence-electron chi connectivity index (χ0n) is 17.0. The van der Waals surface area contributed by atoms with E-state index in [9.17, 15) is 4.79 Å². The lowest BCUT2D eigenvalue weighted by Crippen LogP contribution is -2.15. The number of benzene rings is 2. The Morgan fingerprint density at radius 2 is 2.06 bits per heavy atom. The lowest BCUT2D eigenvalue weighted by Gasteiger charge is -2.15. The Balaban J connectivity index is 1.39. The first-order chi connectivity index (χ1) is 15.1. The van der Waals surface area contributed by atoms with Crippen molar-refractivity contribution in [2.75, 3.05) is 17.9 Å². The van der Waals surface area contributed by atoms with Gasteiger partial charge in [0, 0.05) is 18.3 Å². The molecule has 2 heterocycles. The SMILES string of the molecule is C=CCn1c(SCC(=O)Nc2ccc3c(c2)OCO3)nnc1[C@H](C)Oc1ccccc1. The molecule has 0 fully saturated rings. The molecule has 0 spiro atoms. The van der Waals surface area contributed by atoms with Crippen molar-refractivity contribution in [1.82, 2.24) is 14.8 Å². The van der Waals surface area contributed by atoms with E-state index in [1.54, 1.807) is 24.3 Å². The van der Waals surface area contributed by atoms with Gasteiger partial charge in [-0.1, -0.05) is 36.0 Å². The predicted octanol–water partition coefficient (Wildman–Crippen LogP) is 4.06. The molecule has 1 atom stereocenters. The first-order valence-electron chi connectivity index (χ1n) is 9.72. The van der Waals surface area contributed by atoms with E-state index in [4.69, 9.17) is 14.2 Å². The quantitative estimate of drug-likeness (QED) is 0.398. The fraction of sp³-hybridized carbons (Fsp3) is 0.227. The summed E-state index contributed by atoms with van der Waals surface area (Å²) in [6.45, 7) is 6.43. The Labute approximate surface area is 184 Å². The van der Waals surface area contributed by atoms with Crippen LogP contribution < -0.4 is 19.5 Å². The fourth-order valence-corrected chi connectivity index (χ4v) is 3.82. The van der Waals surface area contributed by atoms with Crippen LogP contribution in [0.25, 0.3) is 0 Å². The number of anilines is 1. The summed E-state index contributed by atoms with van der Waals surface area (Å²) in [6, 6.07) is 14.8. The molecule has 1 N–H and O–H groups in total. The maximum atomic E-state index is 12.4. The number of carbonyl (C=O) groups excluding carboxylic acids is 1. The normalized spacial score (nSPS) is 12.9. The number of ether oxygens (including phenoxy) is 3. The molecule has 0 bridgehead atoms. The summed E-state index contributed by atoms with van der Waals surface area (Å²) < 4.78 is 18.5. The van der Waals surface area contributed by atoms with Crippen molar-refractivity contribution >= 4 is 23.4 Å². The number of rotatable bonds is 9. The molecule has 0 saturated carbocycles. The minimum Gasteiger partial charge on any atom is -0.483 e. The zero-order valence-corrected chi connectivity index (χ0v) is 17.8. The van der Waals surface area contributed by atoms with Gasteiger partial charge in [0.05, 0.1) is 5.75 Å². The Kier molecular flexibility index (Phi) is 6.42. The van der Waals surface area contributed by atoms with E-state index in [1.807, 2.05) is 41.8 Å². The van der Waals surface area contributed by atoms with Gasteiger partial charge < -0.3 is 19.5 Å². The smallest absolute Gasteiger partial charge is 0.234 e. The summed E-state index contributed by atoms with van der Waals surface area (Å²) in [4.78, 5) is 12.4. The highest BCUT2D eigenvalue weighted by atomic mass is 32.2. The van der Waals surface area contributed by atoms with Crippen LogP contribution in [0.4, 0.5) is 5.69 Å². The molecule has 9 heteroatoms. The third kappa shape index (κ3) is 5.00. The number of nitrogens with one attached hydrogen (secondary N) is 1. The summed E-state index contributed by atoms with van der Waals surface area (Å²) >= 11 is 1.30. The highest BCUT2D eigenvalue weighted by Gasteiger charge is 2.20. The molecule has 0 unspecified atom stereocenters. The Morgan fingerprint density at radius 3 is 2.87 bits per heavy atom. The fourth-order valence-electron chi connectivity index (χ4n) is 3.07. The van der Waals surface area contributed by atoms with Crippen LogP contribution in [0.3, 0.4) is 0 Å². The second kappa shape index (κ2) is 9.57. The van der Waals surface area contributed by atoms with E-state index in [0.717, 1.165) is 5.75 Å². The van der Waals surface area contributed by atoms with Gasteiger partial charge in [0.25, 0.3) is 0 Å². The van der Waals surface area contributed by atoms with Gasteiger partial charge in [-0.15, -0.1) is 16.8 Å². The molecule has 160 valence electrons. The van der Waals surface area contributed by atoms with Crippen LogP contribution in [0.15, 0.2) is 66.3 Å². The molecule has 4 rings (SSSR count). The topological polar surface area (TPSA) is 87.5 Å². The number of amides is 1. The molecule has 3 aromatic rings. The molecule has 31 heavy (non-hydrogen) atoms. The lowest BCUT2D eigenvalue weighted by molar-refractivity contribution is -0.113. The molecule has 1 aliphatic rings. The van der Waals surface area contributed by atoms with Crippen LogP contribution in [0.5, 0.6) is 17.2 Å². The van der Waals surface area contributed by atoms with E-state index >= 15 is 0 Å². The van der Waals surface area contributed by atoms with E-state index in [-0.39, 0.29) is 24.6 Å². The van der Waals surface area contributed by atoms with Gasteiger partial charge in [-0.3, -0.25) is 9.36 Å². The number of thioether (sulfide) groups is 1. The van der Waals surface area contributed by atoms with Gasteiger partial charge in [0.15, 0.2) is 28.6 Å². The summed E-state index contributed by atoms with van der Waals surface area (Å²) in [5, 5.41) is 12.0. The lowest BCUT2D eigenvalue weighted by atomic mass is 10.3. The van der Waals surface area contributed by atoms with Crippen LogP contribution in [0.2, 0.25) is 0 Å². The number of aromatic nitrogens is 3. The second-order valence-corrected chi connectivity index (χ2v) is 7.66. The molecular formula is C22H22N4O4S. The molecular weight excluding hydrogens is 416 g/mol. The minimum atomic E-state index is -0.313. The molecule has 1 aromatic heterocycles. The first kappa shape index (κ1) is 20.8. The zero-order chi connectivity index (χ0) is 21.6. The number of carbonyl (C=O) groups is 1. The Morgan fingerprint density at radius 1 is 1.26 bits per heavy atom. The van der Waals surface area contributed by atoms with Gasteiger partial charge >= 0.3 is 0 Å². The Hall–Kier alpha value is -3.46. The molecule has 1 aliphatic heterocycles. The van der Waals surface area contributed by atoms with E-state index in [0.29, 0.717) is 34.7 Å². The highest BCUT2D eigenvalue weighted by molar-refractivity contribution is 7.99. The van der Waals surface area contributed by atoms with Crippen LogP contribution in [0.1, 0.15) is 18.9 Å². The van der Waals surface area contributed by atoms with Crippen LogP contribution in [-0.2, 0) is 11.3 Å². The third-order valence-electron chi connectivity index (χ3n) is 4.47. The van der Waals surface area contributed by atoms with Crippen molar-refractivity contribution in [1.29, 1.82) is 0 Å². The van der Waals surface area contributed by atoms with Gasteiger partial charge in [0.2, 0.25) is 12.7 Å². The van der Waals surface area contributed by atoms with Crippen molar-refractivity contribution in [3.05, 3.63) is 67.0 Å². The third-order valence-corrected chi connectivity index (χ3v) is 5.43. The maximum absolute atomic E-state index is 12.4. The van der Waals surface area contributed by atoms with Crippen molar-refractivity contribution in [3.63, 3.8) is 0 Å². The van der Waals surface area contributed by atoms with E-state index < -0.39 is 0 Å². The van der Waals surface area contributed by atoms with Crippen LogP contribution in [-0.4, -0.2) is 33.2 Å². The second-order valence-electron chi connectivity index (χ2n) is 6.72. The molecule has 2 aromatic carbocycles. The summed E-state index contributed by atoms with van der Waals surface area (Å²) in [5.74, 6) is 2.73. The van der Waals surface area contributed by atoms with Gasteiger partial charge in [-0.05, 0) is 31.2 Å². The first-order valence-corrected chi connectivity index (χ1v) is 10.7. The van der Waals surface area contributed by atoms with Crippen LogP contribution in [0, 0.1) is 0 Å². The van der Waals surface area contributed by atoms with E-state index in [1.165, 1.54) is 11.8 Å².